The van der Waals surface area contributed by atoms with E-state index in [1.54, 1.807) is 11.8 Å². The average Bonchev–Trinajstić information content (AvgIpc) is 3.19. The van der Waals surface area contributed by atoms with E-state index in [0.717, 1.165) is 12.2 Å². The van der Waals surface area contributed by atoms with Crippen LogP contribution in [-0.4, -0.2) is 65.3 Å². The molecule has 2 saturated heterocycles. The molecule has 0 unspecified atom stereocenters. The second-order valence-electron chi connectivity index (χ2n) is 7.09. The van der Waals surface area contributed by atoms with Gasteiger partial charge in [-0.2, -0.15) is 30.0 Å². The van der Waals surface area contributed by atoms with E-state index in [1.165, 1.54) is 0 Å². The summed E-state index contributed by atoms with van der Waals surface area (Å²) in [4.78, 5) is 39.0. The van der Waals surface area contributed by atoms with Gasteiger partial charge in [0, 0.05) is 17.4 Å². The van der Waals surface area contributed by atoms with Crippen molar-refractivity contribution >= 4 is 29.7 Å². The molecule has 2 heterocycles. The third-order valence-electron chi connectivity index (χ3n) is 4.84. The zero-order chi connectivity index (χ0) is 21.4. The van der Waals surface area contributed by atoms with Crippen LogP contribution in [0.3, 0.4) is 0 Å². The third-order valence-corrected chi connectivity index (χ3v) is 6.34. The summed E-state index contributed by atoms with van der Waals surface area (Å²) in [5.74, 6) is -2.22. The standard InChI is InChI=1S/C17H27F3N4O4S/c18-17(19,20)15(26)28-24(9-5-1-4-8-21)13(25)7-3-2-6-12-14-11(10-29-12)22-16(27)23-14/h11-12,14H,1-10,21H2,(H2,22,23,27)/t11-,12-,14-/m0/s1. The topological polar surface area (TPSA) is 114 Å². The number of hydrogen-bond acceptors (Lipinski definition) is 6. The SMILES string of the molecule is NCCCCCN(OC(=O)C(F)(F)F)C(=O)CCCC[C@@H]1SC[C@@H]2NC(=O)N[C@@H]21. The number of nitrogens with two attached hydrogens (primary N) is 1. The fourth-order valence-electron chi connectivity index (χ4n) is 3.34. The van der Waals surface area contributed by atoms with E-state index in [-0.39, 0.29) is 36.3 Å². The van der Waals surface area contributed by atoms with Crippen LogP contribution in [0.2, 0.25) is 0 Å². The zero-order valence-corrected chi connectivity index (χ0v) is 16.8. The Labute approximate surface area is 171 Å². The number of carbonyl (C=O) groups excluding carboxylic acids is 3. The summed E-state index contributed by atoms with van der Waals surface area (Å²) in [6.07, 6.45) is -1.59. The van der Waals surface area contributed by atoms with Gasteiger partial charge in [-0.1, -0.05) is 12.8 Å². The number of hydrogen-bond donors (Lipinski definition) is 3. The summed E-state index contributed by atoms with van der Waals surface area (Å²) in [6, 6.07) is 0.0112. The van der Waals surface area contributed by atoms with Crippen molar-refractivity contribution in [3.05, 3.63) is 0 Å². The Morgan fingerprint density at radius 2 is 1.93 bits per heavy atom. The van der Waals surface area contributed by atoms with Crippen LogP contribution in [0.1, 0.15) is 44.9 Å². The molecule has 0 aromatic heterocycles. The molecule has 0 radical (unpaired) electrons. The Morgan fingerprint density at radius 3 is 2.62 bits per heavy atom. The van der Waals surface area contributed by atoms with Gasteiger partial charge < -0.3 is 21.2 Å². The molecule has 2 aliphatic heterocycles. The zero-order valence-electron chi connectivity index (χ0n) is 16.0. The van der Waals surface area contributed by atoms with Crippen molar-refractivity contribution in [2.24, 2.45) is 5.73 Å². The van der Waals surface area contributed by atoms with Crippen LogP contribution in [-0.2, 0) is 14.4 Å². The molecule has 0 spiro atoms. The predicted octanol–water partition coefficient (Wildman–Crippen LogP) is 1.69. The van der Waals surface area contributed by atoms with Crippen LogP contribution in [0.25, 0.3) is 0 Å². The maximum Gasteiger partial charge on any atom is 0.493 e. The molecular weight excluding hydrogens is 413 g/mol. The minimum atomic E-state index is -5.16. The molecule has 0 aromatic rings. The highest BCUT2D eigenvalue weighted by atomic mass is 32.2. The number of fused-ring (bicyclic) bond motifs is 1. The van der Waals surface area contributed by atoms with Crippen molar-refractivity contribution in [2.45, 2.75) is 68.5 Å². The van der Waals surface area contributed by atoms with E-state index in [1.807, 2.05) is 0 Å². The minimum absolute atomic E-state index is 0.0158. The van der Waals surface area contributed by atoms with Crippen LogP contribution in [0, 0.1) is 0 Å². The summed E-state index contributed by atoms with van der Waals surface area (Å²) >= 11 is 1.75. The Balaban J connectivity index is 1.75. The van der Waals surface area contributed by atoms with Crippen molar-refractivity contribution < 1.29 is 32.4 Å². The fourth-order valence-corrected chi connectivity index (χ4v) is 4.88. The lowest BCUT2D eigenvalue weighted by Gasteiger charge is -2.22. The Hall–Kier alpha value is -1.69. The van der Waals surface area contributed by atoms with Crippen molar-refractivity contribution in [3.63, 3.8) is 0 Å². The highest BCUT2D eigenvalue weighted by Gasteiger charge is 2.44. The number of alkyl halides is 3. The summed E-state index contributed by atoms with van der Waals surface area (Å²) in [5, 5.41) is 6.49. The van der Waals surface area contributed by atoms with Gasteiger partial charge in [0.1, 0.15) is 0 Å². The molecule has 0 bridgehead atoms. The molecule has 166 valence electrons. The van der Waals surface area contributed by atoms with Gasteiger partial charge in [-0.3, -0.25) is 4.79 Å². The molecule has 0 saturated carbocycles. The number of thioether (sulfide) groups is 1. The lowest BCUT2D eigenvalue weighted by atomic mass is 10.0. The molecule has 2 aliphatic rings. The summed E-state index contributed by atoms with van der Waals surface area (Å²) < 4.78 is 37.4. The molecular formula is C17H27F3N4O4S. The molecule has 12 heteroatoms. The normalized spacial score (nSPS) is 23.3. The first-order chi connectivity index (χ1) is 13.7. The quantitative estimate of drug-likeness (QED) is 0.271. The lowest BCUT2D eigenvalue weighted by Crippen LogP contribution is -2.39. The number of halogens is 3. The number of hydroxylamine groups is 2. The molecule has 3 atom stereocenters. The van der Waals surface area contributed by atoms with Crippen molar-refractivity contribution in [1.29, 1.82) is 0 Å². The van der Waals surface area contributed by atoms with E-state index >= 15 is 0 Å². The number of urea groups is 1. The van der Waals surface area contributed by atoms with Gasteiger partial charge >= 0.3 is 18.2 Å². The highest BCUT2D eigenvalue weighted by Crippen LogP contribution is 2.33. The van der Waals surface area contributed by atoms with Gasteiger partial charge in [-0.25, -0.2) is 9.59 Å². The monoisotopic (exact) mass is 440 g/mol. The number of nitrogens with zero attached hydrogens (tertiary/aromatic N) is 1. The summed E-state index contributed by atoms with van der Waals surface area (Å²) in [7, 11) is 0. The van der Waals surface area contributed by atoms with E-state index in [4.69, 9.17) is 5.73 Å². The van der Waals surface area contributed by atoms with Crippen LogP contribution in [0.4, 0.5) is 18.0 Å². The van der Waals surface area contributed by atoms with Crippen LogP contribution in [0.5, 0.6) is 0 Å². The Morgan fingerprint density at radius 1 is 1.17 bits per heavy atom. The minimum Gasteiger partial charge on any atom is -0.332 e. The second-order valence-corrected chi connectivity index (χ2v) is 8.36. The fraction of sp³-hybridized carbons (Fsp3) is 0.824. The van der Waals surface area contributed by atoms with Crippen LogP contribution < -0.4 is 16.4 Å². The van der Waals surface area contributed by atoms with Crippen molar-refractivity contribution in [3.8, 4) is 0 Å². The van der Waals surface area contributed by atoms with Gasteiger partial charge in [-0.05, 0) is 32.2 Å². The van der Waals surface area contributed by atoms with Gasteiger partial charge in [-0.15, -0.1) is 0 Å². The predicted molar refractivity (Wildman–Crippen MR) is 101 cm³/mol. The molecule has 2 rings (SSSR count). The summed E-state index contributed by atoms with van der Waals surface area (Å²) in [5.41, 5.74) is 5.37. The highest BCUT2D eigenvalue weighted by molar-refractivity contribution is 8.00. The number of unbranched alkanes of at least 4 members (excludes halogenated alkanes) is 3. The first-order valence-electron chi connectivity index (χ1n) is 9.70. The molecule has 29 heavy (non-hydrogen) atoms. The second kappa shape index (κ2) is 10.9. The van der Waals surface area contributed by atoms with Crippen molar-refractivity contribution in [1.82, 2.24) is 15.7 Å². The smallest absolute Gasteiger partial charge is 0.332 e. The van der Waals surface area contributed by atoms with E-state index < -0.39 is 18.1 Å². The number of nitrogens with one attached hydrogen (secondary N) is 2. The molecule has 0 aromatic carbocycles. The van der Waals surface area contributed by atoms with E-state index in [0.29, 0.717) is 43.7 Å². The number of carbonyl (C=O) groups is 3. The van der Waals surface area contributed by atoms with Crippen LogP contribution >= 0.6 is 11.8 Å². The van der Waals surface area contributed by atoms with Gasteiger partial charge in [0.2, 0.25) is 0 Å². The molecule has 3 amide bonds. The Bertz CT molecular complexity index is 594. The number of amides is 3. The lowest BCUT2D eigenvalue weighted by molar-refractivity contribution is -0.237. The maximum absolute atomic E-state index is 12.5. The molecule has 2 fully saturated rings. The maximum atomic E-state index is 12.5. The van der Waals surface area contributed by atoms with Gasteiger partial charge in [0.05, 0.1) is 18.6 Å². The molecule has 0 aliphatic carbocycles. The van der Waals surface area contributed by atoms with Gasteiger partial charge in [0.15, 0.2) is 0 Å². The number of rotatable bonds is 10. The van der Waals surface area contributed by atoms with E-state index in [2.05, 4.69) is 15.5 Å². The Kier molecular flexibility index (Phi) is 8.87. The third kappa shape index (κ3) is 7.25. The summed E-state index contributed by atoms with van der Waals surface area (Å²) in [6.45, 7) is 0.341. The average molecular weight is 440 g/mol. The van der Waals surface area contributed by atoms with E-state index in [9.17, 15) is 27.6 Å². The van der Waals surface area contributed by atoms with Crippen molar-refractivity contribution in [2.75, 3.05) is 18.8 Å². The first kappa shape index (κ1) is 23.6. The molecule has 4 N–H and O–H groups in total. The van der Waals surface area contributed by atoms with Gasteiger partial charge in [0.25, 0.3) is 5.91 Å². The largest absolute Gasteiger partial charge is 0.493 e. The van der Waals surface area contributed by atoms with Crippen LogP contribution in [0.15, 0.2) is 0 Å². The first-order valence-corrected chi connectivity index (χ1v) is 10.8. The molecule has 8 nitrogen and oxygen atoms in total.